The largest absolute Gasteiger partial charge is 0.388 e. The van der Waals surface area contributed by atoms with Gasteiger partial charge >= 0.3 is 0 Å². The molecule has 0 saturated carbocycles. The van der Waals surface area contributed by atoms with Crippen molar-refractivity contribution >= 4 is 18.5 Å². The summed E-state index contributed by atoms with van der Waals surface area (Å²) >= 11 is 0. The summed E-state index contributed by atoms with van der Waals surface area (Å²) in [7, 11) is -0.564. The van der Waals surface area contributed by atoms with Crippen LogP contribution in [0.15, 0.2) is 91.0 Å². The molecule has 0 aliphatic rings. The maximum absolute atomic E-state index is 10.6. The zero-order valence-corrected chi connectivity index (χ0v) is 13.2. The van der Waals surface area contributed by atoms with E-state index in [1.165, 1.54) is 10.6 Å². The topological polar surface area (TPSA) is 20.2 Å². The van der Waals surface area contributed by atoms with Gasteiger partial charge in [0.15, 0.2) is 0 Å². The lowest BCUT2D eigenvalue weighted by molar-refractivity contribution is 0.203. The fourth-order valence-corrected chi connectivity index (χ4v) is 4.87. The van der Waals surface area contributed by atoms with E-state index in [2.05, 4.69) is 48.5 Å². The van der Waals surface area contributed by atoms with Gasteiger partial charge in [0.25, 0.3) is 0 Å². The molecule has 1 nitrogen and oxygen atoms in total. The van der Waals surface area contributed by atoms with E-state index in [9.17, 15) is 5.11 Å². The standard InChI is InChI=1S/C20H19OP/c21-20(17-10-4-1-5-11-17)16-22(18-12-6-2-7-13-18)19-14-8-3-9-15-19/h1-15,20-21H,16H2/t20-/m1/s1. The molecule has 0 saturated heterocycles. The summed E-state index contributed by atoms with van der Waals surface area (Å²) in [6.07, 6.45) is 0.306. The minimum Gasteiger partial charge on any atom is -0.388 e. The molecule has 0 amide bonds. The summed E-state index contributed by atoms with van der Waals surface area (Å²) in [5.74, 6) is 0. The van der Waals surface area contributed by atoms with Gasteiger partial charge in [-0.2, -0.15) is 0 Å². The first kappa shape index (κ1) is 15.0. The number of benzene rings is 3. The van der Waals surface area contributed by atoms with Crippen molar-refractivity contribution in [3.05, 3.63) is 96.6 Å². The van der Waals surface area contributed by atoms with E-state index >= 15 is 0 Å². The van der Waals surface area contributed by atoms with Crippen LogP contribution in [-0.4, -0.2) is 11.3 Å². The second-order valence-electron chi connectivity index (χ2n) is 5.21. The number of hydrogen-bond donors (Lipinski definition) is 1. The molecular formula is C20H19OP. The molecule has 3 aromatic carbocycles. The second-order valence-corrected chi connectivity index (χ2v) is 7.46. The van der Waals surface area contributed by atoms with Crippen LogP contribution in [0.1, 0.15) is 11.7 Å². The quantitative estimate of drug-likeness (QED) is 0.710. The van der Waals surface area contributed by atoms with E-state index in [0.717, 1.165) is 11.7 Å². The smallest absolute Gasteiger partial charge is 0.0835 e. The van der Waals surface area contributed by atoms with Gasteiger partial charge in [-0.3, -0.25) is 0 Å². The highest BCUT2D eigenvalue weighted by Crippen LogP contribution is 2.37. The Bertz CT molecular complexity index is 643. The van der Waals surface area contributed by atoms with Crippen molar-refractivity contribution < 1.29 is 5.11 Å². The molecule has 1 atom stereocenters. The third kappa shape index (κ3) is 3.62. The SMILES string of the molecule is O[C@H](CP(c1ccccc1)c1ccccc1)c1ccccc1. The van der Waals surface area contributed by atoms with Crippen molar-refractivity contribution in [1.29, 1.82) is 0 Å². The first-order valence-corrected chi connectivity index (χ1v) is 8.98. The zero-order chi connectivity index (χ0) is 15.2. The van der Waals surface area contributed by atoms with Crippen LogP contribution in [0.2, 0.25) is 0 Å². The molecule has 0 aromatic heterocycles. The van der Waals surface area contributed by atoms with E-state index in [1.807, 2.05) is 42.5 Å². The van der Waals surface area contributed by atoms with Gasteiger partial charge in [0.1, 0.15) is 0 Å². The fourth-order valence-electron chi connectivity index (χ4n) is 2.53. The van der Waals surface area contributed by atoms with Crippen molar-refractivity contribution in [3.8, 4) is 0 Å². The first-order chi connectivity index (χ1) is 10.8. The maximum Gasteiger partial charge on any atom is 0.0835 e. The van der Waals surface area contributed by atoms with Crippen LogP contribution in [0.25, 0.3) is 0 Å². The summed E-state index contributed by atoms with van der Waals surface area (Å²) in [6, 6.07) is 30.9. The minimum atomic E-state index is -0.564. The Morgan fingerprint density at radius 3 is 1.50 bits per heavy atom. The molecule has 0 heterocycles. The summed E-state index contributed by atoms with van der Waals surface area (Å²) in [5, 5.41) is 13.2. The molecule has 0 fully saturated rings. The van der Waals surface area contributed by atoms with Crippen LogP contribution in [0, 0.1) is 0 Å². The Labute approximate surface area is 133 Å². The van der Waals surface area contributed by atoms with Crippen LogP contribution < -0.4 is 10.6 Å². The third-order valence-corrected chi connectivity index (χ3v) is 6.23. The lowest BCUT2D eigenvalue weighted by Crippen LogP contribution is -2.17. The molecule has 0 radical (unpaired) electrons. The molecule has 0 unspecified atom stereocenters. The van der Waals surface area contributed by atoms with Gasteiger partial charge in [-0.25, -0.2) is 0 Å². The molecule has 0 bridgehead atoms. The molecule has 2 heteroatoms. The lowest BCUT2D eigenvalue weighted by Gasteiger charge is -2.22. The summed E-state index contributed by atoms with van der Waals surface area (Å²) in [4.78, 5) is 0. The second kappa shape index (κ2) is 7.35. The van der Waals surface area contributed by atoms with Gasteiger partial charge in [-0.1, -0.05) is 91.0 Å². The van der Waals surface area contributed by atoms with Crippen LogP contribution in [-0.2, 0) is 0 Å². The van der Waals surface area contributed by atoms with Gasteiger partial charge in [-0.15, -0.1) is 0 Å². The van der Waals surface area contributed by atoms with Crippen molar-refractivity contribution in [2.75, 3.05) is 6.16 Å². The van der Waals surface area contributed by atoms with Gasteiger partial charge in [0.05, 0.1) is 6.10 Å². The summed E-state index contributed by atoms with van der Waals surface area (Å²) in [6.45, 7) is 0. The Morgan fingerprint density at radius 2 is 1.05 bits per heavy atom. The van der Waals surface area contributed by atoms with Gasteiger partial charge < -0.3 is 5.11 Å². The van der Waals surface area contributed by atoms with E-state index in [4.69, 9.17) is 0 Å². The molecule has 3 rings (SSSR count). The number of hydrogen-bond acceptors (Lipinski definition) is 1. The van der Waals surface area contributed by atoms with Crippen LogP contribution in [0.4, 0.5) is 0 Å². The highest BCUT2D eigenvalue weighted by atomic mass is 31.1. The van der Waals surface area contributed by atoms with E-state index in [0.29, 0.717) is 0 Å². The van der Waals surface area contributed by atoms with Crippen LogP contribution >= 0.6 is 7.92 Å². The zero-order valence-electron chi connectivity index (χ0n) is 12.3. The number of aliphatic hydroxyl groups is 1. The van der Waals surface area contributed by atoms with Gasteiger partial charge in [0, 0.05) is 6.16 Å². The molecular weight excluding hydrogens is 287 g/mol. The molecule has 110 valence electrons. The average Bonchev–Trinajstić information content (AvgIpc) is 2.62. The molecule has 0 spiro atoms. The van der Waals surface area contributed by atoms with Crippen LogP contribution in [0.3, 0.4) is 0 Å². The first-order valence-electron chi connectivity index (χ1n) is 7.45. The van der Waals surface area contributed by atoms with Crippen molar-refractivity contribution in [3.63, 3.8) is 0 Å². The Hall–Kier alpha value is -1.95. The highest BCUT2D eigenvalue weighted by Gasteiger charge is 2.18. The molecule has 0 aliphatic heterocycles. The molecule has 1 N–H and O–H groups in total. The van der Waals surface area contributed by atoms with E-state index in [-0.39, 0.29) is 0 Å². The van der Waals surface area contributed by atoms with Crippen LogP contribution in [0.5, 0.6) is 0 Å². The van der Waals surface area contributed by atoms with E-state index < -0.39 is 14.0 Å². The normalized spacial score (nSPS) is 12.3. The van der Waals surface area contributed by atoms with Crippen molar-refractivity contribution in [2.24, 2.45) is 0 Å². The Balaban J connectivity index is 1.90. The number of rotatable bonds is 5. The third-order valence-electron chi connectivity index (χ3n) is 3.68. The Kier molecular flexibility index (Phi) is 5.00. The summed E-state index contributed by atoms with van der Waals surface area (Å²) in [5.41, 5.74) is 0.988. The average molecular weight is 306 g/mol. The molecule has 22 heavy (non-hydrogen) atoms. The fraction of sp³-hybridized carbons (Fsp3) is 0.100. The van der Waals surface area contributed by atoms with Crippen molar-refractivity contribution in [1.82, 2.24) is 0 Å². The minimum absolute atomic E-state index is 0.437. The predicted molar refractivity (Wildman–Crippen MR) is 95.3 cm³/mol. The van der Waals surface area contributed by atoms with Crippen molar-refractivity contribution in [2.45, 2.75) is 6.10 Å². The van der Waals surface area contributed by atoms with Gasteiger partial charge in [0.2, 0.25) is 0 Å². The monoisotopic (exact) mass is 306 g/mol. The highest BCUT2D eigenvalue weighted by molar-refractivity contribution is 7.73. The molecule has 3 aromatic rings. The Morgan fingerprint density at radius 1 is 0.636 bits per heavy atom. The molecule has 0 aliphatic carbocycles. The predicted octanol–water partition coefficient (Wildman–Crippen LogP) is 3.85. The maximum atomic E-state index is 10.6. The number of aliphatic hydroxyl groups excluding tert-OH is 1. The lowest BCUT2D eigenvalue weighted by atomic mass is 10.1. The van der Waals surface area contributed by atoms with Gasteiger partial charge in [-0.05, 0) is 24.1 Å². The summed E-state index contributed by atoms with van der Waals surface area (Å²) < 4.78 is 0. The van der Waals surface area contributed by atoms with E-state index in [1.54, 1.807) is 0 Å².